The minimum Gasteiger partial charge on any atom is -0.478 e. The minimum absolute atomic E-state index is 0.119. The van der Waals surface area contributed by atoms with Gasteiger partial charge < -0.3 is 10.4 Å². The number of amides is 1. The van der Waals surface area contributed by atoms with Crippen LogP contribution in [-0.4, -0.2) is 33.7 Å². The molecule has 0 saturated carbocycles. The maximum absolute atomic E-state index is 11.7. The van der Waals surface area contributed by atoms with Crippen molar-refractivity contribution in [2.45, 2.75) is 6.42 Å². The van der Waals surface area contributed by atoms with Crippen molar-refractivity contribution in [1.29, 1.82) is 0 Å². The summed E-state index contributed by atoms with van der Waals surface area (Å²) in [6.45, 7) is 0.336. The summed E-state index contributed by atoms with van der Waals surface area (Å²) in [6, 6.07) is 9.07. The van der Waals surface area contributed by atoms with Crippen LogP contribution in [0.1, 0.15) is 26.4 Å². The predicted octanol–water partition coefficient (Wildman–Crippen LogP) is 0.441. The molecule has 3 N–H and O–H groups in total. The zero-order valence-corrected chi connectivity index (χ0v) is 11.0. The first kappa shape index (κ1) is 14.4. The summed E-state index contributed by atoms with van der Waals surface area (Å²) >= 11 is 0. The fourth-order valence-electron chi connectivity index (χ4n) is 1.74. The number of rotatable bonds is 5. The summed E-state index contributed by atoms with van der Waals surface area (Å²) in [5.74, 6) is -1.39. The van der Waals surface area contributed by atoms with Gasteiger partial charge >= 0.3 is 5.97 Å². The smallest absolute Gasteiger partial charge is 0.335 e. The van der Waals surface area contributed by atoms with E-state index in [0.717, 1.165) is 5.56 Å². The van der Waals surface area contributed by atoms with Gasteiger partial charge in [0, 0.05) is 12.6 Å². The van der Waals surface area contributed by atoms with Gasteiger partial charge in [-0.3, -0.25) is 9.59 Å². The van der Waals surface area contributed by atoms with Gasteiger partial charge in [-0.15, -0.1) is 0 Å². The number of hydrogen-bond donors (Lipinski definition) is 3. The standard InChI is InChI=1S/C14H13N3O4/c18-12-5-4-11(16-17-12)13(19)15-7-6-9-2-1-3-10(8-9)14(20)21/h1-5,8H,6-7H2,(H,15,19)(H,17,18)(H,20,21). The monoisotopic (exact) mass is 287 g/mol. The van der Waals surface area contributed by atoms with Crippen molar-refractivity contribution in [2.75, 3.05) is 6.54 Å². The molecule has 1 aromatic heterocycles. The molecule has 2 rings (SSSR count). The number of aromatic carboxylic acids is 1. The lowest BCUT2D eigenvalue weighted by Gasteiger charge is -2.05. The van der Waals surface area contributed by atoms with Gasteiger partial charge in [0.05, 0.1) is 5.56 Å². The Morgan fingerprint density at radius 3 is 2.71 bits per heavy atom. The van der Waals surface area contributed by atoms with Crippen molar-refractivity contribution in [2.24, 2.45) is 0 Å². The van der Waals surface area contributed by atoms with Crippen LogP contribution in [0.3, 0.4) is 0 Å². The Morgan fingerprint density at radius 1 is 1.24 bits per heavy atom. The highest BCUT2D eigenvalue weighted by atomic mass is 16.4. The van der Waals surface area contributed by atoms with Crippen LogP contribution >= 0.6 is 0 Å². The Morgan fingerprint density at radius 2 is 2.05 bits per heavy atom. The quantitative estimate of drug-likeness (QED) is 0.738. The predicted molar refractivity (Wildman–Crippen MR) is 74.3 cm³/mol. The second-order valence-corrected chi connectivity index (χ2v) is 4.32. The summed E-state index contributed by atoms with van der Waals surface area (Å²) in [5.41, 5.74) is 0.761. The van der Waals surface area contributed by atoms with E-state index in [-0.39, 0.29) is 16.8 Å². The average molecular weight is 287 g/mol. The largest absolute Gasteiger partial charge is 0.478 e. The highest BCUT2D eigenvalue weighted by molar-refractivity contribution is 5.92. The SMILES string of the molecule is O=C(O)c1cccc(CCNC(=O)c2ccc(=O)[nH]n2)c1. The van der Waals surface area contributed by atoms with Crippen LogP contribution in [0.5, 0.6) is 0 Å². The summed E-state index contributed by atoms with van der Waals surface area (Å²) < 4.78 is 0. The Balaban J connectivity index is 1.90. The van der Waals surface area contributed by atoms with Crippen LogP contribution in [-0.2, 0) is 6.42 Å². The Labute approximate surface area is 119 Å². The maximum Gasteiger partial charge on any atom is 0.335 e. The Kier molecular flexibility index (Phi) is 4.45. The third kappa shape index (κ3) is 4.00. The van der Waals surface area contributed by atoms with Gasteiger partial charge in [0.1, 0.15) is 5.69 Å². The molecule has 0 fully saturated rings. The second kappa shape index (κ2) is 6.47. The van der Waals surface area contributed by atoms with E-state index in [1.807, 2.05) is 0 Å². The number of nitrogens with one attached hydrogen (secondary N) is 2. The van der Waals surface area contributed by atoms with Crippen LogP contribution in [0, 0.1) is 0 Å². The summed E-state index contributed by atoms with van der Waals surface area (Å²) in [6.07, 6.45) is 0.496. The molecule has 0 unspecified atom stereocenters. The van der Waals surface area contributed by atoms with E-state index in [1.165, 1.54) is 18.2 Å². The van der Waals surface area contributed by atoms with Crippen molar-refractivity contribution in [3.05, 3.63) is 63.6 Å². The first-order chi connectivity index (χ1) is 10.1. The zero-order chi connectivity index (χ0) is 15.2. The van der Waals surface area contributed by atoms with Gasteiger partial charge in [-0.25, -0.2) is 9.89 Å². The van der Waals surface area contributed by atoms with Crippen LogP contribution in [0.15, 0.2) is 41.2 Å². The molecule has 108 valence electrons. The van der Waals surface area contributed by atoms with E-state index in [9.17, 15) is 14.4 Å². The molecule has 0 aliphatic rings. The van der Waals surface area contributed by atoms with Crippen LogP contribution in [0.4, 0.5) is 0 Å². The van der Waals surface area contributed by atoms with E-state index in [0.29, 0.717) is 13.0 Å². The fraction of sp³-hybridized carbons (Fsp3) is 0.143. The number of carbonyl (C=O) groups is 2. The third-order valence-electron chi connectivity index (χ3n) is 2.78. The van der Waals surface area contributed by atoms with Gasteiger partial charge in [-0.2, -0.15) is 5.10 Å². The molecule has 0 atom stereocenters. The van der Waals surface area contributed by atoms with E-state index in [4.69, 9.17) is 5.11 Å². The molecule has 7 heteroatoms. The topological polar surface area (TPSA) is 112 Å². The molecule has 0 bridgehead atoms. The van der Waals surface area contributed by atoms with Gasteiger partial charge in [0.15, 0.2) is 0 Å². The lowest BCUT2D eigenvalue weighted by Crippen LogP contribution is -2.27. The van der Waals surface area contributed by atoms with Crippen LogP contribution in [0.25, 0.3) is 0 Å². The van der Waals surface area contributed by atoms with Crippen molar-refractivity contribution < 1.29 is 14.7 Å². The van der Waals surface area contributed by atoms with Crippen molar-refractivity contribution in [3.8, 4) is 0 Å². The zero-order valence-electron chi connectivity index (χ0n) is 11.0. The van der Waals surface area contributed by atoms with Crippen molar-refractivity contribution >= 4 is 11.9 Å². The number of H-pyrrole nitrogens is 1. The Hall–Kier alpha value is -2.96. The van der Waals surface area contributed by atoms with E-state index in [1.54, 1.807) is 18.2 Å². The third-order valence-corrected chi connectivity index (χ3v) is 2.78. The van der Waals surface area contributed by atoms with E-state index in [2.05, 4.69) is 15.5 Å². The normalized spacial score (nSPS) is 10.1. The number of benzene rings is 1. The fourth-order valence-corrected chi connectivity index (χ4v) is 1.74. The van der Waals surface area contributed by atoms with Crippen molar-refractivity contribution in [1.82, 2.24) is 15.5 Å². The van der Waals surface area contributed by atoms with Crippen LogP contribution < -0.4 is 10.9 Å². The lowest BCUT2D eigenvalue weighted by molar-refractivity contribution is 0.0696. The number of aromatic nitrogens is 2. The van der Waals surface area contributed by atoms with Gasteiger partial charge in [0.2, 0.25) is 0 Å². The summed E-state index contributed by atoms with van der Waals surface area (Å²) in [5, 5.41) is 17.3. The molecule has 0 spiro atoms. The molecule has 0 aliphatic carbocycles. The van der Waals surface area contributed by atoms with E-state index < -0.39 is 11.9 Å². The highest BCUT2D eigenvalue weighted by Gasteiger charge is 2.07. The molecule has 1 aromatic carbocycles. The number of carboxylic acids is 1. The molecule has 2 aromatic rings. The summed E-state index contributed by atoms with van der Waals surface area (Å²) in [4.78, 5) is 33.4. The lowest BCUT2D eigenvalue weighted by atomic mass is 10.1. The number of aromatic amines is 1. The molecule has 1 amide bonds. The van der Waals surface area contributed by atoms with E-state index >= 15 is 0 Å². The van der Waals surface area contributed by atoms with Crippen LogP contribution in [0.2, 0.25) is 0 Å². The molecule has 1 heterocycles. The first-order valence-corrected chi connectivity index (χ1v) is 6.22. The number of nitrogens with zero attached hydrogens (tertiary/aromatic N) is 1. The number of hydrogen-bond acceptors (Lipinski definition) is 4. The van der Waals surface area contributed by atoms with Gasteiger partial charge in [-0.05, 0) is 30.2 Å². The van der Waals surface area contributed by atoms with Gasteiger partial charge in [-0.1, -0.05) is 12.1 Å². The maximum atomic E-state index is 11.7. The number of carboxylic acid groups (broad SMARTS) is 1. The molecule has 7 nitrogen and oxygen atoms in total. The highest BCUT2D eigenvalue weighted by Crippen LogP contribution is 2.05. The molecule has 0 aliphatic heterocycles. The van der Waals surface area contributed by atoms with Gasteiger partial charge in [0.25, 0.3) is 11.5 Å². The first-order valence-electron chi connectivity index (χ1n) is 6.22. The summed E-state index contributed by atoms with van der Waals surface area (Å²) in [7, 11) is 0. The second-order valence-electron chi connectivity index (χ2n) is 4.32. The Bertz CT molecular complexity index is 704. The molecule has 21 heavy (non-hydrogen) atoms. The number of carbonyl (C=O) groups excluding carboxylic acids is 1. The minimum atomic E-state index is -0.988. The molecular weight excluding hydrogens is 274 g/mol. The average Bonchev–Trinajstić information content (AvgIpc) is 2.48. The molecule has 0 saturated heterocycles. The molecular formula is C14H13N3O4. The van der Waals surface area contributed by atoms with Crippen molar-refractivity contribution in [3.63, 3.8) is 0 Å². The molecule has 0 radical (unpaired) electrons.